The third-order valence-electron chi connectivity index (χ3n) is 1.62. The SMILES string of the molecule is Cc1cnc2ccncc2c1.[H+]. The first kappa shape index (κ1) is 6.28. The van der Waals surface area contributed by atoms with Gasteiger partial charge in [0, 0.05) is 24.0 Å². The van der Waals surface area contributed by atoms with Crippen LogP contribution in [0.15, 0.2) is 30.7 Å². The molecule has 2 aromatic heterocycles. The number of pyridine rings is 2. The predicted molar refractivity (Wildman–Crippen MR) is 45.4 cm³/mol. The van der Waals surface area contributed by atoms with Crippen LogP contribution in [-0.2, 0) is 0 Å². The Morgan fingerprint density at radius 2 is 2.27 bits per heavy atom. The molecule has 0 saturated carbocycles. The van der Waals surface area contributed by atoms with E-state index in [-0.39, 0.29) is 1.43 Å². The Morgan fingerprint density at radius 3 is 3.18 bits per heavy atom. The minimum absolute atomic E-state index is 0. The van der Waals surface area contributed by atoms with E-state index >= 15 is 0 Å². The zero-order valence-electron chi connectivity index (χ0n) is 7.28. The first-order chi connectivity index (χ1) is 5.36. The van der Waals surface area contributed by atoms with Crippen molar-refractivity contribution in [3.05, 3.63) is 36.3 Å². The number of fused-ring (bicyclic) bond motifs is 1. The van der Waals surface area contributed by atoms with Gasteiger partial charge in [0.2, 0.25) is 0 Å². The third kappa shape index (κ3) is 1.07. The van der Waals surface area contributed by atoms with Crippen LogP contribution >= 0.6 is 0 Å². The summed E-state index contributed by atoms with van der Waals surface area (Å²) in [6.07, 6.45) is 5.45. The molecule has 0 fully saturated rings. The van der Waals surface area contributed by atoms with Crippen molar-refractivity contribution >= 4 is 10.9 Å². The van der Waals surface area contributed by atoms with Crippen molar-refractivity contribution in [3.63, 3.8) is 0 Å². The Bertz CT molecular complexity index is 387. The van der Waals surface area contributed by atoms with E-state index in [9.17, 15) is 0 Å². The standard InChI is InChI=1S/C9H8N2/c1-7-4-8-6-10-3-2-9(8)11-5-7/h2-6H,1H3/p+1. The van der Waals surface area contributed by atoms with Crippen LogP contribution in [0.4, 0.5) is 0 Å². The summed E-state index contributed by atoms with van der Waals surface area (Å²) in [6, 6.07) is 3.99. The molecule has 2 aromatic rings. The molecule has 2 heterocycles. The highest BCUT2D eigenvalue weighted by Crippen LogP contribution is 2.09. The lowest BCUT2D eigenvalue weighted by molar-refractivity contribution is 1.29. The van der Waals surface area contributed by atoms with Gasteiger partial charge in [-0.25, -0.2) is 0 Å². The largest absolute Gasteiger partial charge is 1.00 e. The maximum atomic E-state index is 4.24. The molecule has 0 spiro atoms. The summed E-state index contributed by atoms with van der Waals surface area (Å²) in [5.74, 6) is 0. The fourth-order valence-corrected chi connectivity index (χ4v) is 1.08. The molecule has 0 aliphatic heterocycles. The van der Waals surface area contributed by atoms with Crippen LogP contribution in [-0.4, -0.2) is 9.97 Å². The summed E-state index contributed by atoms with van der Waals surface area (Å²) >= 11 is 0. The van der Waals surface area contributed by atoms with Crippen LogP contribution in [0.1, 0.15) is 6.99 Å². The molecule has 0 radical (unpaired) electrons. The summed E-state index contributed by atoms with van der Waals surface area (Å²) < 4.78 is 0. The zero-order valence-corrected chi connectivity index (χ0v) is 6.28. The molecular formula is C9H9N2+. The summed E-state index contributed by atoms with van der Waals surface area (Å²) in [6.45, 7) is 2.03. The molecule has 0 N–H and O–H groups in total. The molecule has 0 aliphatic rings. The van der Waals surface area contributed by atoms with Crippen LogP contribution < -0.4 is 0 Å². The molecule has 54 valence electrons. The molecule has 2 heteroatoms. The highest BCUT2D eigenvalue weighted by molar-refractivity contribution is 5.77. The molecule has 0 bridgehead atoms. The van der Waals surface area contributed by atoms with Gasteiger partial charge in [-0.2, -0.15) is 0 Å². The minimum atomic E-state index is 0. The maximum absolute atomic E-state index is 4.24. The number of aromatic nitrogens is 2. The molecule has 2 nitrogen and oxygen atoms in total. The number of nitrogens with zero attached hydrogens (tertiary/aromatic N) is 2. The van der Waals surface area contributed by atoms with Gasteiger partial charge in [0.15, 0.2) is 0 Å². The fourth-order valence-electron chi connectivity index (χ4n) is 1.08. The van der Waals surface area contributed by atoms with Crippen molar-refractivity contribution in [2.75, 3.05) is 0 Å². The molecule has 11 heavy (non-hydrogen) atoms. The first-order valence-corrected chi connectivity index (χ1v) is 3.52. The lowest BCUT2D eigenvalue weighted by Gasteiger charge is -1.95. The summed E-state index contributed by atoms with van der Waals surface area (Å²) in [4.78, 5) is 8.25. The average Bonchev–Trinajstić information content (AvgIpc) is 2.04. The number of aryl methyl sites for hydroxylation is 1. The molecular weight excluding hydrogens is 136 g/mol. The predicted octanol–water partition coefficient (Wildman–Crippen LogP) is 2.05. The molecule has 0 atom stereocenters. The lowest BCUT2D eigenvalue weighted by Crippen LogP contribution is -1.80. The number of rotatable bonds is 0. The van der Waals surface area contributed by atoms with Crippen LogP contribution in [0, 0.1) is 6.92 Å². The Hall–Kier alpha value is -1.44. The first-order valence-electron chi connectivity index (χ1n) is 3.52. The fraction of sp³-hybridized carbons (Fsp3) is 0.111. The van der Waals surface area contributed by atoms with E-state index in [4.69, 9.17) is 0 Å². The highest BCUT2D eigenvalue weighted by atomic mass is 14.7. The van der Waals surface area contributed by atoms with E-state index in [0.29, 0.717) is 0 Å². The van der Waals surface area contributed by atoms with Crippen molar-refractivity contribution in [1.82, 2.24) is 9.97 Å². The van der Waals surface area contributed by atoms with Crippen LogP contribution in [0.3, 0.4) is 0 Å². The second-order valence-corrected chi connectivity index (χ2v) is 2.58. The average molecular weight is 145 g/mol. The van der Waals surface area contributed by atoms with Gasteiger partial charge in [0.05, 0.1) is 5.52 Å². The molecule has 0 unspecified atom stereocenters. The number of hydrogen-bond acceptors (Lipinski definition) is 2. The van der Waals surface area contributed by atoms with Crippen LogP contribution in [0.2, 0.25) is 0 Å². The summed E-state index contributed by atoms with van der Waals surface area (Å²) in [5, 5.41) is 1.10. The molecule has 0 aliphatic carbocycles. The van der Waals surface area contributed by atoms with Gasteiger partial charge < -0.3 is 0 Å². The van der Waals surface area contributed by atoms with Gasteiger partial charge in [-0.1, -0.05) is 0 Å². The van der Waals surface area contributed by atoms with E-state index < -0.39 is 0 Å². The van der Waals surface area contributed by atoms with Gasteiger partial charge >= 0.3 is 1.43 Å². The van der Waals surface area contributed by atoms with Crippen LogP contribution in [0.25, 0.3) is 10.9 Å². The van der Waals surface area contributed by atoms with Gasteiger partial charge in [0.1, 0.15) is 0 Å². The van der Waals surface area contributed by atoms with Crippen molar-refractivity contribution < 1.29 is 1.43 Å². The molecule has 0 aromatic carbocycles. The minimum Gasteiger partial charge on any atom is -0.264 e. The Kier molecular flexibility index (Phi) is 1.32. The Morgan fingerprint density at radius 1 is 1.36 bits per heavy atom. The van der Waals surface area contributed by atoms with Gasteiger partial charge in [0.25, 0.3) is 0 Å². The van der Waals surface area contributed by atoms with Crippen molar-refractivity contribution in [2.45, 2.75) is 6.92 Å². The van der Waals surface area contributed by atoms with E-state index in [1.807, 2.05) is 25.4 Å². The second-order valence-electron chi connectivity index (χ2n) is 2.58. The molecule has 2 rings (SSSR count). The van der Waals surface area contributed by atoms with E-state index in [1.54, 1.807) is 6.20 Å². The second kappa shape index (κ2) is 2.31. The Labute approximate surface area is 66.4 Å². The number of hydrogen-bond donors (Lipinski definition) is 0. The Balaban J connectivity index is 0.000000720. The van der Waals surface area contributed by atoms with Crippen molar-refractivity contribution in [3.8, 4) is 0 Å². The quantitative estimate of drug-likeness (QED) is 0.567. The highest BCUT2D eigenvalue weighted by Gasteiger charge is 1.91. The van der Waals surface area contributed by atoms with E-state index in [1.165, 1.54) is 5.56 Å². The van der Waals surface area contributed by atoms with Crippen molar-refractivity contribution in [1.29, 1.82) is 0 Å². The smallest absolute Gasteiger partial charge is 0.264 e. The van der Waals surface area contributed by atoms with Gasteiger partial charge in [-0.15, -0.1) is 0 Å². The third-order valence-corrected chi connectivity index (χ3v) is 1.62. The molecule has 0 saturated heterocycles. The zero-order chi connectivity index (χ0) is 7.68. The van der Waals surface area contributed by atoms with E-state index in [2.05, 4.69) is 16.0 Å². The molecule has 0 amide bonds. The van der Waals surface area contributed by atoms with Crippen LogP contribution in [0.5, 0.6) is 0 Å². The van der Waals surface area contributed by atoms with Gasteiger partial charge in [-0.05, 0) is 24.6 Å². The van der Waals surface area contributed by atoms with Gasteiger partial charge in [-0.3, -0.25) is 9.97 Å². The lowest BCUT2D eigenvalue weighted by atomic mass is 10.2. The summed E-state index contributed by atoms with van der Waals surface area (Å²) in [5.41, 5.74) is 2.18. The topological polar surface area (TPSA) is 25.8 Å². The van der Waals surface area contributed by atoms with E-state index in [0.717, 1.165) is 10.9 Å². The monoisotopic (exact) mass is 145 g/mol. The normalized spacial score (nSPS) is 10.3. The maximum Gasteiger partial charge on any atom is 1.00 e. The summed E-state index contributed by atoms with van der Waals surface area (Å²) in [7, 11) is 0. The van der Waals surface area contributed by atoms with Crippen molar-refractivity contribution in [2.24, 2.45) is 0 Å².